The largest absolute Gasteiger partial charge is 0.377 e. The molecule has 4 rings (SSSR count). The van der Waals surface area contributed by atoms with Gasteiger partial charge in [-0.15, -0.1) is 0 Å². The highest BCUT2D eigenvalue weighted by atomic mass is 16.1. The van der Waals surface area contributed by atoms with Crippen LogP contribution in [0.15, 0.2) is 36.3 Å². The van der Waals surface area contributed by atoms with E-state index in [1.54, 1.807) is 23.7 Å². The van der Waals surface area contributed by atoms with Crippen molar-refractivity contribution >= 4 is 29.5 Å². The standard InChI is InChI=1S/C22H29N7O2/c1-23-20-12-19(25-16(14-30)8-5-11-28(2)17-9-4-10-17)27-21-18(13-24-29(20)21)22(31)26-15-6-3-7-15/h5,8,11-15,17,23H,3-4,6-7,9-10H2,1-2H3,(H,25,27)(H,26,31)/b11-5-,16-8+. The first kappa shape index (κ1) is 20.9. The monoisotopic (exact) mass is 423 g/mol. The summed E-state index contributed by atoms with van der Waals surface area (Å²) in [5.74, 6) is 0.925. The second-order valence-electron chi connectivity index (χ2n) is 8.13. The first-order valence-corrected chi connectivity index (χ1v) is 10.8. The molecule has 2 aliphatic rings. The summed E-state index contributed by atoms with van der Waals surface area (Å²) in [5.41, 5.74) is 1.21. The van der Waals surface area contributed by atoms with Gasteiger partial charge in [0, 0.05) is 32.2 Å². The van der Waals surface area contributed by atoms with Crippen LogP contribution in [0.4, 0.5) is 11.6 Å². The summed E-state index contributed by atoms with van der Waals surface area (Å²) >= 11 is 0. The summed E-state index contributed by atoms with van der Waals surface area (Å²) in [6, 6.07) is 2.56. The van der Waals surface area contributed by atoms with Gasteiger partial charge in [-0.3, -0.25) is 9.59 Å². The van der Waals surface area contributed by atoms with E-state index in [4.69, 9.17) is 0 Å². The zero-order valence-electron chi connectivity index (χ0n) is 18.0. The van der Waals surface area contributed by atoms with Crippen LogP contribution in [0, 0.1) is 0 Å². The van der Waals surface area contributed by atoms with Crippen molar-refractivity contribution in [2.24, 2.45) is 0 Å². The van der Waals surface area contributed by atoms with Crippen molar-refractivity contribution in [3.8, 4) is 0 Å². The molecule has 164 valence electrons. The molecule has 2 fully saturated rings. The highest BCUT2D eigenvalue weighted by Crippen LogP contribution is 2.24. The van der Waals surface area contributed by atoms with E-state index in [0.717, 1.165) is 25.5 Å². The molecule has 2 aromatic heterocycles. The van der Waals surface area contributed by atoms with Crippen LogP contribution in [0.25, 0.3) is 5.65 Å². The first-order chi connectivity index (χ1) is 15.1. The summed E-state index contributed by atoms with van der Waals surface area (Å²) in [6.45, 7) is 0. The summed E-state index contributed by atoms with van der Waals surface area (Å²) < 4.78 is 1.58. The van der Waals surface area contributed by atoms with Crippen LogP contribution in [0.1, 0.15) is 48.9 Å². The molecule has 0 aliphatic heterocycles. The van der Waals surface area contributed by atoms with Gasteiger partial charge in [0.2, 0.25) is 0 Å². The van der Waals surface area contributed by atoms with Gasteiger partial charge < -0.3 is 20.9 Å². The number of hydrogen-bond acceptors (Lipinski definition) is 7. The smallest absolute Gasteiger partial charge is 0.256 e. The van der Waals surface area contributed by atoms with Gasteiger partial charge in [-0.05, 0) is 56.9 Å². The van der Waals surface area contributed by atoms with E-state index in [2.05, 4.69) is 30.9 Å². The predicted molar refractivity (Wildman–Crippen MR) is 120 cm³/mol. The van der Waals surface area contributed by atoms with E-state index >= 15 is 0 Å². The fourth-order valence-corrected chi connectivity index (χ4v) is 3.64. The molecule has 0 aromatic carbocycles. The number of rotatable bonds is 9. The Morgan fingerprint density at radius 3 is 2.65 bits per heavy atom. The van der Waals surface area contributed by atoms with E-state index < -0.39 is 0 Å². The second-order valence-corrected chi connectivity index (χ2v) is 8.13. The van der Waals surface area contributed by atoms with Crippen LogP contribution in [-0.2, 0) is 4.79 Å². The third-order valence-electron chi connectivity index (χ3n) is 6.06. The SMILES string of the molecule is CNc1cc(N/C(C=O)=C/C=C\N(C)C2CCC2)nc2c(C(=O)NC3CCC3)cnn12. The molecule has 0 unspecified atom stereocenters. The number of carbonyl (C=O) groups is 2. The van der Waals surface area contributed by atoms with Crippen LogP contribution >= 0.6 is 0 Å². The van der Waals surface area contributed by atoms with Crippen LogP contribution in [0.2, 0.25) is 0 Å². The van der Waals surface area contributed by atoms with Crippen molar-refractivity contribution in [1.29, 1.82) is 0 Å². The van der Waals surface area contributed by atoms with Gasteiger partial charge in [0.05, 0.1) is 11.9 Å². The van der Waals surface area contributed by atoms with Crippen molar-refractivity contribution < 1.29 is 9.59 Å². The third-order valence-corrected chi connectivity index (χ3v) is 6.06. The average molecular weight is 424 g/mol. The number of hydrogen-bond donors (Lipinski definition) is 3. The molecule has 0 atom stereocenters. The summed E-state index contributed by atoms with van der Waals surface area (Å²) in [6.07, 6.45) is 14.7. The lowest BCUT2D eigenvalue weighted by molar-refractivity contribution is -0.104. The van der Waals surface area contributed by atoms with Crippen molar-refractivity contribution in [3.63, 3.8) is 0 Å². The lowest BCUT2D eigenvalue weighted by atomic mass is 9.92. The number of amides is 1. The lowest BCUT2D eigenvalue weighted by Crippen LogP contribution is -2.39. The quantitative estimate of drug-likeness (QED) is 0.323. The molecule has 9 nitrogen and oxygen atoms in total. The minimum Gasteiger partial charge on any atom is -0.377 e. The Labute approximate surface area is 181 Å². The average Bonchev–Trinajstić information content (AvgIpc) is 3.12. The fourth-order valence-electron chi connectivity index (χ4n) is 3.64. The molecule has 0 saturated heterocycles. The number of anilines is 2. The van der Waals surface area contributed by atoms with E-state index in [1.807, 2.05) is 19.3 Å². The van der Waals surface area contributed by atoms with Gasteiger partial charge in [-0.25, -0.2) is 4.98 Å². The molecule has 0 spiro atoms. The van der Waals surface area contributed by atoms with Crippen molar-refractivity contribution in [2.45, 2.75) is 50.6 Å². The molecule has 2 aliphatic carbocycles. The Hall–Kier alpha value is -3.36. The normalized spacial score (nSPS) is 17.3. The van der Waals surface area contributed by atoms with Gasteiger partial charge in [0.25, 0.3) is 5.91 Å². The molecule has 31 heavy (non-hydrogen) atoms. The summed E-state index contributed by atoms with van der Waals surface area (Å²) in [5, 5.41) is 13.4. The lowest BCUT2D eigenvalue weighted by Gasteiger charge is -2.33. The molecule has 0 bridgehead atoms. The molecular weight excluding hydrogens is 394 g/mol. The highest BCUT2D eigenvalue weighted by molar-refractivity contribution is 6.00. The molecular formula is C22H29N7O2. The molecule has 3 N–H and O–H groups in total. The Bertz CT molecular complexity index is 1020. The predicted octanol–water partition coefficient (Wildman–Crippen LogP) is 2.55. The third kappa shape index (κ3) is 4.55. The molecule has 1 amide bonds. The summed E-state index contributed by atoms with van der Waals surface area (Å²) in [7, 11) is 3.82. The van der Waals surface area contributed by atoms with Crippen molar-refractivity contribution in [3.05, 3.63) is 41.9 Å². The highest BCUT2D eigenvalue weighted by Gasteiger charge is 2.23. The second kappa shape index (κ2) is 9.20. The van der Waals surface area contributed by atoms with Gasteiger partial charge in [0.15, 0.2) is 11.9 Å². The Kier molecular flexibility index (Phi) is 6.20. The maximum Gasteiger partial charge on any atom is 0.256 e. The summed E-state index contributed by atoms with van der Waals surface area (Å²) in [4.78, 5) is 31.0. The number of aldehydes is 1. The number of allylic oxidation sites excluding steroid dienone is 3. The number of nitrogens with one attached hydrogen (secondary N) is 3. The van der Waals surface area contributed by atoms with E-state index in [1.165, 1.54) is 25.5 Å². The van der Waals surface area contributed by atoms with Gasteiger partial charge in [-0.2, -0.15) is 9.61 Å². The minimum absolute atomic E-state index is 0.181. The Balaban J connectivity index is 1.54. The minimum atomic E-state index is -0.181. The van der Waals surface area contributed by atoms with Gasteiger partial charge in [0.1, 0.15) is 17.2 Å². The maximum absolute atomic E-state index is 12.7. The van der Waals surface area contributed by atoms with Crippen LogP contribution in [0.5, 0.6) is 0 Å². The Morgan fingerprint density at radius 1 is 1.26 bits per heavy atom. The van der Waals surface area contributed by atoms with Crippen LogP contribution < -0.4 is 16.0 Å². The number of aromatic nitrogens is 3. The zero-order chi connectivity index (χ0) is 21.8. The molecule has 2 aromatic rings. The number of nitrogens with zero attached hydrogens (tertiary/aromatic N) is 4. The first-order valence-electron chi connectivity index (χ1n) is 10.8. The number of fused-ring (bicyclic) bond motifs is 1. The molecule has 9 heteroatoms. The molecule has 2 saturated carbocycles. The maximum atomic E-state index is 12.7. The van der Waals surface area contributed by atoms with Crippen molar-refractivity contribution in [1.82, 2.24) is 24.8 Å². The van der Waals surface area contributed by atoms with Crippen LogP contribution in [-0.4, -0.2) is 57.9 Å². The van der Waals surface area contributed by atoms with Crippen molar-refractivity contribution in [2.75, 3.05) is 24.7 Å². The van der Waals surface area contributed by atoms with Gasteiger partial charge >= 0.3 is 0 Å². The van der Waals surface area contributed by atoms with Crippen LogP contribution in [0.3, 0.4) is 0 Å². The Morgan fingerprint density at radius 2 is 2.03 bits per heavy atom. The topological polar surface area (TPSA) is 104 Å². The zero-order valence-corrected chi connectivity index (χ0v) is 18.0. The molecule has 0 radical (unpaired) electrons. The van der Waals surface area contributed by atoms with E-state index in [-0.39, 0.29) is 11.9 Å². The molecule has 2 heterocycles. The fraction of sp³-hybridized carbons (Fsp3) is 0.455. The van der Waals surface area contributed by atoms with Gasteiger partial charge in [-0.1, -0.05) is 0 Å². The van der Waals surface area contributed by atoms with E-state index in [9.17, 15) is 9.59 Å². The van der Waals surface area contributed by atoms with E-state index in [0.29, 0.717) is 34.6 Å². The number of carbonyl (C=O) groups excluding carboxylic acids is 2.